The van der Waals surface area contributed by atoms with Crippen LogP contribution in [0.3, 0.4) is 0 Å². The number of carboxylic acids is 1. The quantitative estimate of drug-likeness (QED) is 0.575. The zero-order chi connectivity index (χ0) is 14.2. The first-order valence-corrected chi connectivity index (χ1v) is 5.36. The van der Waals surface area contributed by atoms with Gasteiger partial charge in [0.2, 0.25) is 0 Å². The summed E-state index contributed by atoms with van der Waals surface area (Å²) < 4.78 is 4.72. The Balaban J connectivity index is 2.22. The lowest BCUT2D eigenvalue weighted by Gasteiger charge is -2.19. The maximum atomic E-state index is 12.0. The van der Waals surface area contributed by atoms with Crippen LogP contribution in [0.15, 0.2) is 16.5 Å². The van der Waals surface area contributed by atoms with Crippen LogP contribution in [0.5, 0.6) is 0 Å². The number of β-amino-alcohol motifs (C(OH)–C–C–N with tert-alkyl or cyclic N) is 1. The number of hydrogen-bond donors (Lipinski definition) is 2. The van der Waals surface area contributed by atoms with Crippen LogP contribution in [0.4, 0.5) is 5.88 Å². The zero-order valence-electron chi connectivity index (χ0n) is 9.55. The van der Waals surface area contributed by atoms with E-state index >= 15 is 0 Å². The standard InChI is InChI=1S/C10H10N2O7/c13-5-3-6(10(15)16)11(4-5)9(14)7-1-2-8(19-7)12(17)18/h1-2,5-6,13H,3-4H2,(H,15,16)/t5-,6-/m0/s1. The molecule has 0 aromatic carbocycles. The Morgan fingerprint density at radius 2 is 2.16 bits per heavy atom. The third-order valence-electron chi connectivity index (χ3n) is 2.81. The summed E-state index contributed by atoms with van der Waals surface area (Å²) in [5.74, 6) is -2.97. The van der Waals surface area contributed by atoms with Crippen molar-refractivity contribution in [3.05, 3.63) is 28.0 Å². The average molecular weight is 270 g/mol. The van der Waals surface area contributed by atoms with Crippen molar-refractivity contribution in [3.8, 4) is 0 Å². The molecular weight excluding hydrogens is 260 g/mol. The Morgan fingerprint density at radius 3 is 2.68 bits per heavy atom. The highest BCUT2D eigenvalue weighted by atomic mass is 16.6. The van der Waals surface area contributed by atoms with E-state index in [1.54, 1.807) is 0 Å². The summed E-state index contributed by atoms with van der Waals surface area (Å²) in [5, 5.41) is 28.8. The summed E-state index contributed by atoms with van der Waals surface area (Å²) in [7, 11) is 0. The molecule has 0 bridgehead atoms. The second-order valence-electron chi connectivity index (χ2n) is 4.10. The van der Waals surface area contributed by atoms with Gasteiger partial charge in [-0.3, -0.25) is 14.9 Å². The monoisotopic (exact) mass is 270 g/mol. The van der Waals surface area contributed by atoms with Gasteiger partial charge in [0.05, 0.1) is 12.2 Å². The van der Waals surface area contributed by atoms with E-state index in [2.05, 4.69) is 0 Å². The van der Waals surface area contributed by atoms with Gasteiger partial charge in [-0.25, -0.2) is 4.79 Å². The number of carboxylic acid groups (broad SMARTS) is 1. The minimum absolute atomic E-state index is 0.0795. The number of amides is 1. The fraction of sp³-hybridized carbons (Fsp3) is 0.400. The molecule has 1 aliphatic heterocycles. The van der Waals surface area contributed by atoms with Gasteiger partial charge < -0.3 is 19.5 Å². The molecule has 102 valence electrons. The van der Waals surface area contributed by atoms with Crippen LogP contribution in [0.25, 0.3) is 0 Å². The number of furan rings is 1. The molecule has 9 heteroatoms. The van der Waals surface area contributed by atoms with Gasteiger partial charge in [-0.05, 0) is 6.07 Å². The fourth-order valence-corrected chi connectivity index (χ4v) is 1.95. The summed E-state index contributed by atoms with van der Waals surface area (Å²) in [6, 6.07) is 0.950. The molecule has 0 unspecified atom stereocenters. The molecule has 1 aliphatic rings. The van der Waals surface area contributed by atoms with E-state index in [1.807, 2.05) is 0 Å². The van der Waals surface area contributed by atoms with Gasteiger partial charge in [0, 0.05) is 13.0 Å². The third kappa shape index (κ3) is 2.40. The van der Waals surface area contributed by atoms with E-state index in [0.717, 1.165) is 17.0 Å². The number of aliphatic hydroxyl groups is 1. The van der Waals surface area contributed by atoms with Crippen molar-refractivity contribution in [2.24, 2.45) is 0 Å². The fourth-order valence-electron chi connectivity index (χ4n) is 1.95. The molecular formula is C10H10N2O7. The second kappa shape index (κ2) is 4.69. The first kappa shape index (κ1) is 13.0. The Bertz CT molecular complexity index is 538. The highest BCUT2D eigenvalue weighted by Crippen LogP contribution is 2.23. The number of likely N-dealkylation sites (tertiary alicyclic amines) is 1. The van der Waals surface area contributed by atoms with Crippen LogP contribution in [0.1, 0.15) is 17.0 Å². The van der Waals surface area contributed by atoms with E-state index in [0.29, 0.717) is 0 Å². The van der Waals surface area contributed by atoms with Crippen molar-refractivity contribution < 1.29 is 29.1 Å². The largest absolute Gasteiger partial charge is 0.480 e. The van der Waals surface area contributed by atoms with Crippen molar-refractivity contribution in [1.82, 2.24) is 4.90 Å². The summed E-state index contributed by atoms with van der Waals surface area (Å²) in [6.07, 6.45) is -1.01. The van der Waals surface area contributed by atoms with Gasteiger partial charge in [-0.2, -0.15) is 0 Å². The first-order valence-electron chi connectivity index (χ1n) is 5.36. The SMILES string of the molecule is O=C(O)[C@@H]1C[C@H](O)CN1C(=O)c1ccc([N+](=O)[O-])o1. The number of hydrogen-bond acceptors (Lipinski definition) is 6. The van der Waals surface area contributed by atoms with Crippen LogP contribution in [-0.4, -0.2) is 50.6 Å². The number of carbonyl (C=O) groups excluding carboxylic acids is 1. The van der Waals surface area contributed by atoms with Crippen molar-refractivity contribution in [2.75, 3.05) is 6.54 Å². The molecule has 1 aromatic rings. The lowest BCUT2D eigenvalue weighted by molar-refractivity contribution is -0.402. The molecule has 2 atom stereocenters. The molecule has 0 radical (unpaired) electrons. The van der Waals surface area contributed by atoms with Crippen LogP contribution in [0.2, 0.25) is 0 Å². The summed E-state index contributed by atoms with van der Waals surface area (Å²) >= 11 is 0. The Morgan fingerprint density at radius 1 is 1.47 bits per heavy atom. The maximum absolute atomic E-state index is 12.0. The Kier molecular flexibility index (Phi) is 3.21. The lowest BCUT2D eigenvalue weighted by atomic mass is 10.2. The van der Waals surface area contributed by atoms with Gasteiger partial charge in [0.1, 0.15) is 11.0 Å². The van der Waals surface area contributed by atoms with Gasteiger partial charge in [0.15, 0.2) is 5.76 Å². The predicted molar refractivity (Wildman–Crippen MR) is 58.4 cm³/mol. The maximum Gasteiger partial charge on any atom is 0.433 e. The predicted octanol–water partition coefficient (Wildman–Crippen LogP) is -0.152. The third-order valence-corrected chi connectivity index (χ3v) is 2.81. The first-order chi connectivity index (χ1) is 8.90. The van der Waals surface area contributed by atoms with Crippen LogP contribution in [-0.2, 0) is 4.79 Å². The summed E-state index contributed by atoms with van der Waals surface area (Å²) in [6.45, 7) is -0.149. The number of rotatable bonds is 3. The van der Waals surface area contributed by atoms with Crippen molar-refractivity contribution in [2.45, 2.75) is 18.6 Å². The number of nitro groups is 1. The Hall–Kier alpha value is -2.42. The normalized spacial score (nSPS) is 22.5. The van der Waals surface area contributed by atoms with Gasteiger partial charge in [-0.1, -0.05) is 0 Å². The smallest absolute Gasteiger partial charge is 0.433 e. The molecule has 0 aliphatic carbocycles. The molecule has 1 fully saturated rings. The van der Waals surface area contributed by atoms with Gasteiger partial charge in [-0.15, -0.1) is 0 Å². The summed E-state index contributed by atoms with van der Waals surface area (Å²) in [5.41, 5.74) is 0. The van der Waals surface area contributed by atoms with Crippen LogP contribution < -0.4 is 0 Å². The van der Waals surface area contributed by atoms with Crippen molar-refractivity contribution in [3.63, 3.8) is 0 Å². The molecule has 0 saturated carbocycles. The molecule has 0 spiro atoms. The average Bonchev–Trinajstić information content (AvgIpc) is 2.94. The van der Waals surface area contributed by atoms with E-state index in [-0.39, 0.29) is 18.7 Å². The molecule has 1 amide bonds. The number of carbonyl (C=O) groups is 2. The van der Waals surface area contributed by atoms with E-state index in [9.17, 15) is 24.8 Å². The molecule has 19 heavy (non-hydrogen) atoms. The molecule has 2 rings (SSSR count). The summed E-state index contributed by atoms with van der Waals surface area (Å²) in [4.78, 5) is 33.5. The van der Waals surface area contributed by atoms with Gasteiger partial charge >= 0.3 is 11.9 Å². The van der Waals surface area contributed by atoms with E-state index in [1.165, 1.54) is 0 Å². The molecule has 9 nitrogen and oxygen atoms in total. The van der Waals surface area contributed by atoms with E-state index < -0.39 is 34.8 Å². The number of aliphatic hydroxyl groups excluding tert-OH is 1. The van der Waals surface area contributed by atoms with E-state index in [4.69, 9.17) is 9.52 Å². The molecule has 1 aromatic heterocycles. The lowest BCUT2D eigenvalue weighted by Crippen LogP contribution is -2.40. The molecule has 2 N–H and O–H groups in total. The van der Waals surface area contributed by atoms with Crippen LogP contribution >= 0.6 is 0 Å². The number of nitrogens with zero attached hydrogens (tertiary/aromatic N) is 2. The van der Waals surface area contributed by atoms with Gasteiger partial charge in [0.25, 0.3) is 5.91 Å². The second-order valence-corrected chi connectivity index (χ2v) is 4.10. The van der Waals surface area contributed by atoms with Crippen molar-refractivity contribution >= 4 is 17.8 Å². The minimum Gasteiger partial charge on any atom is -0.480 e. The van der Waals surface area contributed by atoms with Crippen LogP contribution in [0, 0.1) is 10.1 Å². The number of aliphatic carboxylic acids is 1. The van der Waals surface area contributed by atoms with Crippen molar-refractivity contribution in [1.29, 1.82) is 0 Å². The topological polar surface area (TPSA) is 134 Å². The molecule has 2 heterocycles. The molecule has 1 saturated heterocycles. The minimum atomic E-state index is -1.24. The Labute approximate surface area is 106 Å². The highest BCUT2D eigenvalue weighted by Gasteiger charge is 2.40. The highest BCUT2D eigenvalue weighted by molar-refractivity contribution is 5.95. The zero-order valence-corrected chi connectivity index (χ0v) is 9.55.